The number of carbonyl (C=O) groups excluding carboxylic acids is 1. The molecule has 0 atom stereocenters. The minimum atomic E-state index is 0.327. The van der Waals surface area contributed by atoms with Crippen LogP contribution in [-0.2, 0) is 11.2 Å². The second kappa shape index (κ2) is 7.03. The Morgan fingerprint density at radius 3 is 2.84 bits per heavy atom. The quantitative estimate of drug-likeness (QED) is 0.690. The first-order valence-electron chi connectivity index (χ1n) is 7.15. The monoisotopic (exact) mass is 255 g/mol. The number of rotatable bonds is 7. The van der Waals surface area contributed by atoms with Gasteiger partial charge in [0.15, 0.2) is 0 Å². The first-order valence-corrected chi connectivity index (χ1v) is 7.15. The Morgan fingerprint density at radius 1 is 1.16 bits per heavy atom. The molecule has 2 rings (SSSR count). The molecule has 0 aliphatic heterocycles. The molecule has 1 aromatic carbocycles. The van der Waals surface area contributed by atoms with E-state index in [4.69, 9.17) is 0 Å². The number of para-hydroxylation sites is 1. The van der Waals surface area contributed by atoms with Gasteiger partial charge in [0.2, 0.25) is 0 Å². The van der Waals surface area contributed by atoms with Crippen molar-refractivity contribution < 1.29 is 4.79 Å². The molecule has 1 heterocycles. The molecule has 2 heteroatoms. The van der Waals surface area contributed by atoms with Crippen molar-refractivity contribution in [3.05, 3.63) is 42.1 Å². The van der Waals surface area contributed by atoms with Crippen LogP contribution in [0.15, 0.2) is 36.5 Å². The molecule has 0 amide bonds. The fraction of sp³-hybridized carbons (Fsp3) is 0.412. The van der Waals surface area contributed by atoms with Crippen LogP contribution < -0.4 is 0 Å². The van der Waals surface area contributed by atoms with Crippen LogP contribution in [0.2, 0.25) is 0 Å². The van der Waals surface area contributed by atoms with E-state index in [9.17, 15) is 4.79 Å². The third kappa shape index (κ3) is 4.16. The van der Waals surface area contributed by atoms with Crippen LogP contribution in [-0.4, -0.2) is 10.8 Å². The summed E-state index contributed by atoms with van der Waals surface area (Å²) in [5, 5.41) is 1.11. The van der Waals surface area contributed by atoms with E-state index in [2.05, 4.69) is 18.0 Å². The van der Waals surface area contributed by atoms with Gasteiger partial charge in [0.05, 0.1) is 5.52 Å². The predicted molar refractivity (Wildman–Crippen MR) is 79.2 cm³/mol. The van der Waals surface area contributed by atoms with Gasteiger partial charge >= 0.3 is 0 Å². The maximum Gasteiger partial charge on any atom is 0.137 e. The van der Waals surface area contributed by atoms with Crippen molar-refractivity contribution >= 4 is 16.7 Å². The summed E-state index contributed by atoms with van der Waals surface area (Å²) in [5.41, 5.74) is 2.01. The Labute approximate surface area is 114 Å². The molecule has 0 radical (unpaired) electrons. The Hall–Kier alpha value is -1.70. The molecule has 2 nitrogen and oxygen atoms in total. The van der Waals surface area contributed by atoms with Gasteiger partial charge in [-0.25, -0.2) is 0 Å². The number of unbranched alkanes of at least 4 members (excludes halogenated alkanes) is 3. The van der Waals surface area contributed by atoms with E-state index in [1.165, 1.54) is 12.8 Å². The highest BCUT2D eigenvalue weighted by Crippen LogP contribution is 2.14. The van der Waals surface area contributed by atoms with Gasteiger partial charge in [-0.3, -0.25) is 9.78 Å². The van der Waals surface area contributed by atoms with Crippen LogP contribution in [0.25, 0.3) is 10.9 Å². The molecule has 1 aromatic heterocycles. The number of Topliss-reactive ketones (excluding diaryl/α,β-unsaturated/α-hetero) is 1. The molecule has 0 saturated heterocycles. The normalized spacial score (nSPS) is 10.8. The predicted octanol–water partition coefficient (Wildman–Crippen LogP) is 4.32. The van der Waals surface area contributed by atoms with Crippen LogP contribution in [0.4, 0.5) is 0 Å². The van der Waals surface area contributed by atoms with Gasteiger partial charge in [-0.05, 0) is 24.1 Å². The fourth-order valence-electron chi connectivity index (χ4n) is 2.28. The summed E-state index contributed by atoms with van der Waals surface area (Å²) in [5.74, 6) is 0.327. The second-order valence-electron chi connectivity index (χ2n) is 5.06. The lowest BCUT2D eigenvalue weighted by Gasteiger charge is -2.03. The number of nitrogens with zero attached hydrogens (tertiary/aromatic N) is 1. The standard InChI is InChI=1S/C17H21NO/c1-2-3-4-5-9-16(19)12-14-11-15-8-6-7-10-17(15)18-13-14/h6-8,10-11,13H,2-5,9,12H2,1H3. The average molecular weight is 255 g/mol. The van der Waals surface area contributed by atoms with Gasteiger partial charge in [0, 0.05) is 24.4 Å². The molecular weight excluding hydrogens is 234 g/mol. The van der Waals surface area contributed by atoms with E-state index >= 15 is 0 Å². The van der Waals surface area contributed by atoms with E-state index < -0.39 is 0 Å². The number of pyridine rings is 1. The number of aromatic nitrogens is 1. The van der Waals surface area contributed by atoms with Crippen LogP contribution >= 0.6 is 0 Å². The summed E-state index contributed by atoms with van der Waals surface area (Å²) >= 11 is 0. The van der Waals surface area contributed by atoms with Crippen LogP contribution in [0.1, 0.15) is 44.6 Å². The molecule has 0 fully saturated rings. The zero-order chi connectivity index (χ0) is 13.5. The van der Waals surface area contributed by atoms with Gasteiger partial charge in [0.1, 0.15) is 5.78 Å². The molecule has 19 heavy (non-hydrogen) atoms. The zero-order valence-corrected chi connectivity index (χ0v) is 11.6. The smallest absolute Gasteiger partial charge is 0.137 e. The molecule has 100 valence electrons. The summed E-state index contributed by atoms with van der Waals surface area (Å²) in [6, 6.07) is 10.1. The van der Waals surface area contributed by atoms with E-state index in [0.717, 1.165) is 29.3 Å². The molecule has 0 N–H and O–H groups in total. The minimum absolute atomic E-state index is 0.327. The molecule has 0 aliphatic rings. The summed E-state index contributed by atoms with van der Waals surface area (Å²) in [6.07, 6.45) is 7.67. The van der Waals surface area contributed by atoms with Crippen LogP contribution in [0.5, 0.6) is 0 Å². The molecule has 0 spiro atoms. The van der Waals surface area contributed by atoms with E-state index in [1.807, 2.05) is 30.5 Å². The Morgan fingerprint density at radius 2 is 2.00 bits per heavy atom. The Kier molecular flexibility index (Phi) is 5.08. The first kappa shape index (κ1) is 13.7. The topological polar surface area (TPSA) is 30.0 Å². The third-order valence-electron chi connectivity index (χ3n) is 3.36. The minimum Gasteiger partial charge on any atom is -0.299 e. The number of benzene rings is 1. The van der Waals surface area contributed by atoms with Gasteiger partial charge in [-0.15, -0.1) is 0 Å². The van der Waals surface area contributed by atoms with E-state index in [-0.39, 0.29) is 0 Å². The number of hydrogen-bond donors (Lipinski definition) is 0. The number of ketones is 1. The average Bonchev–Trinajstić information content (AvgIpc) is 2.43. The largest absolute Gasteiger partial charge is 0.299 e. The second-order valence-corrected chi connectivity index (χ2v) is 5.06. The maximum atomic E-state index is 11.9. The summed E-state index contributed by atoms with van der Waals surface area (Å²) in [4.78, 5) is 16.3. The first-order chi connectivity index (χ1) is 9.29. The van der Waals surface area contributed by atoms with Crippen molar-refractivity contribution in [2.45, 2.75) is 45.4 Å². The van der Waals surface area contributed by atoms with Crippen molar-refractivity contribution in [3.8, 4) is 0 Å². The van der Waals surface area contributed by atoms with Crippen molar-refractivity contribution in [2.75, 3.05) is 0 Å². The summed E-state index contributed by atoms with van der Waals surface area (Å²) < 4.78 is 0. The number of carbonyl (C=O) groups is 1. The molecule has 0 bridgehead atoms. The Balaban J connectivity index is 1.91. The van der Waals surface area contributed by atoms with Gasteiger partial charge < -0.3 is 0 Å². The van der Waals surface area contributed by atoms with Gasteiger partial charge in [-0.2, -0.15) is 0 Å². The molecule has 2 aromatic rings. The Bertz CT molecular complexity index is 548. The van der Waals surface area contributed by atoms with Crippen molar-refractivity contribution in [1.82, 2.24) is 4.98 Å². The van der Waals surface area contributed by atoms with Crippen molar-refractivity contribution in [2.24, 2.45) is 0 Å². The SMILES string of the molecule is CCCCCCC(=O)Cc1cnc2ccccc2c1. The summed E-state index contributed by atoms with van der Waals surface area (Å²) in [7, 11) is 0. The zero-order valence-electron chi connectivity index (χ0n) is 11.6. The highest BCUT2D eigenvalue weighted by atomic mass is 16.1. The molecule has 0 unspecified atom stereocenters. The van der Waals surface area contributed by atoms with E-state index in [1.54, 1.807) is 0 Å². The van der Waals surface area contributed by atoms with Crippen LogP contribution in [0.3, 0.4) is 0 Å². The number of hydrogen-bond acceptors (Lipinski definition) is 2. The van der Waals surface area contributed by atoms with E-state index in [0.29, 0.717) is 18.6 Å². The highest BCUT2D eigenvalue weighted by Gasteiger charge is 2.05. The maximum absolute atomic E-state index is 11.9. The highest BCUT2D eigenvalue weighted by molar-refractivity contribution is 5.83. The molecule has 0 saturated carbocycles. The lowest BCUT2D eigenvalue weighted by Crippen LogP contribution is -2.03. The van der Waals surface area contributed by atoms with Crippen molar-refractivity contribution in [1.29, 1.82) is 0 Å². The third-order valence-corrected chi connectivity index (χ3v) is 3.36. The van der Waals surface area contributed by atoms with Gasteiger partial charge in [0.25, 0.3) is 0 Å². The molecular formula is C17H21NO. The number of fused-ring (bicyclic) bond motifs is 1. The van der Waals surface area contributed by atoms with Crippen molar-refractivity contribution in [3.63, 3.8) is 0 Å². The molecule has 0 aliphatic carbocycles. The lowest BCUT2D eigenvalue weighted by molar-refractivity contribution is -0.118. The van der Waals surface area contributed by atoms with Gasteiger partial charge in [-0.1, -0.05) is 44.4 Å². The fourth-order valence-corrected chi connectivity index (χ4v) is 2.28. The van der Waals surface area contributed by atoms with Crippen LogP contribution in [0, 0.1) is 0 Å². The summed E-state index contributed by atoms with van der Waals surface area (Å²) in [6.45, 7) is 2.18. The lowest BCUT2D eigenvalue weighted by atomic mass is 10.0.